The Kier molecular flexibility index (Phi) is 6.01. The average molecular weight is 438 g/mol. The van der Waals surface area contributed by atoms with Crippen LogP contribution in [0.15, 0.2) is 47.6 Å². The van der Waals surface area contributed by atoms with E-state index in [0.717, 1.165) is 34.9 Å². The molecule has 3 aromatic rings. The second-order valence-corrected chi connectivity index (χ2v) is 7.67. The van der Waals surface area contributed by atoms with Crippen molar-refractivity contribution >= 4 is 40.1 Å². The van der Waals surface area contributed by atoms with Crippen LogP contribution in [0.1, 0.15) is 19.4 Å². The number of para-hydroxylation sites is 2. The first-order valence-electron chi connectivity index (χ1n) is 8.90. The molecule has 1 aromatic heterocycles. The fourth-order valence-electron chi connectivity index (χ4n) is 2.88. The van der Waals surface area contributed by atoms with Gasteiger partial charge in [-0.2, -0.15) is 13.2 Å². The maximum atomic E-state index is 13.3. The van der Waals surface area contributed by atoms with Gasteiger partial charge in [0.1, 0.15) is 0 Å². The van der Waals surface area contributed by atoms with E-state index in [4.69, 9.17) is 0 Å². The number of aryl methyl sites for hydroxylation is 1. The summed E-state index contributed by atoms with van der Waals surface area (Å²) in [6.45, 7) is 4.09. The van der Waals surface area contributed by atoms with Gasteiger partial charge in [-0.05, 0) is 32.0 Å². The number of rotatable bonds is 6. The number of nitro benzene ring substituents is 1. The SMILES string of the molecule is CCn1c(SC(C)C(=O)Nc2ccc([N+](=O)[O-])cc2C(F)(F)F)nc2ccccc21. The van der Waals surface area contributed by atoms with Crippen molar-refractivity contribution in [3.63, 3.8) is 0 Å². The Morgan fingerprint density at radius 1 is 1.30 bits per heavy atom. The highest BCUT2D eigenvalue weighted by molar-refractivity contribution is 8.00. The van der Waals surface area contributed by atoms with E-state index in [1.807, 2.05) is 35.8 Å². The van der Waals surface area contributed by atoms with Gasteiger partial charge in [0.15, 0.2) is 5.16 Å². The number of non-ortho nitro benzene ring substituents is 1. The maximum absolute atomic E-state index is 13.3. The van der Waals surface area contributed by atoms with Crippen LogP contribution in [0.2, 0.25) is 0 Å². The molecular formula is C19H17F3N4O3S. The van der Waals surface area contributed by atoms with Gasteiger partial charge in [0, 0.05) is 18.7 Å². The lowest BCUT2D eigenvalue weighted by atomic mass is 10.1. The fraction of sp³-hybridized carbons (Fsp3) is 0.263. The number of hydrogen-bond acceptors (Lipinski definition) is 5. The number of aromatic nitrogens is 2. The summed E-state index contributed by atoms with van der Waals surface area (Å²) < 4.78 is 41.9. The molecule has 0 aliphatic rings. The number of anilines is 1. The van der Waals surface area contributed by atoms with Gasteiger partial charge in [0.25, 0.3) is 5.69 Å². The topological polar surface area (TPSA) is 90.1 Å². The van der Waals surface area contributed by atoms with Crippen LogP contribution in [0.25, 0.3) is 11.0 Å². The van der Waals surface area contributed by atoms with Crippen LogP contribution < -0.4 is 5.32 Å². The first-order valence-corrected chi connectivity index (χ1v) is 9.78. The molecule has 7 nitrogen and oxygen atoms in total. The van der Waals surface area contributed by atoms with Crippen molar-refractivity contribution in [3.05, 3.63) is 58.1 Å². The van der Waals surface area contributed by atoms with Crippen molar-refractivity contribution in [2.45, 2.75) is 37.0 Å². The van der Waals surface area contributed by atoms with Crippen LogP contribution in [-0.4, -0.2) is 25.6 Å². The Morgan fingerprint density at radius 2 is 2.00 bits per heavy atom. The van der Waals surface area contributed by atoms with Crippen LogP contribution in [0.3, 0.4) is 0 Å². The summed E-state index contributed by atoms with van der Waals surface area (Å²) in [6.07, 6.45) is -4.86. The standard InChI is InChI=1S/C19H17F3N4O3S/c1-3-25-16-7-5-4-6-15(16)24-18(25)30-11(2)17(27)23-14-9-8-12(26(28)29)10-13(14)19(20,21)22/h4-11H,3H2,1-2H3,(H,23,27). The molecule has 3 rings (SSSR count). The van der Waals surface area contributed by atoms with Crippen molar-refractivity contribution in [3.8, 4) is 0 Å². The smallest absolute Gasteiger partial charge is 0.325 e. The second-order valence-electron chi connectivity index (χ2n) is 6.36. The summed E-state index contributed by atoms with van der Waals surface area (Å²) in [5, 5.41) is 12.8. The number of carbonyl (C=O) groups excluding carboxylic acids is 1. The summed E-state index contributed by atoms with van der Waals surface area (Å²) >= 11 is 1.12. The van der Waals surface area contributed by atoms with Crippen molar-refractivity contribution in [1.82, 2.24) is 9.55 Å². The van der Waals surface area contributed by atoms with Crippen molar-refractivity contribution in [2.75, 3.05) is 5.32 Å². The summed E-state index contributed by atoms with van der Waals surface area (Å²) in [5.74, 6) is -0.672. The molecule has 1 atom stereocenters. The minimum atomic E-state index is -4.86. The molecular weight excluding hydrogens is 421 g/mol. The van der Waals surface area contributed by atoms with Crippen molar-refractivity contribution < 1.29 is 22.9 Å². The molecule has 1 amide bonds. The van der Waals surface area contributed by atoms with Crippen LogP contribution >= 0.6 is 11.8 Å². The molecule has 30 heavy (non-hydrogen) atoms. The average Bonchev–Trinajstić information content (AvgIpc) is 3.04. The number of imidazole rings is 1. The highest BCUT2D eigenvalue weighted by Gasteiger charge is 2.36. The first-order chi connectivity index (χ1) is 14.1. The van der Waals surface area contributed by atoms with Gasteiger partial charge in [-0.25, -0.2) is 4.98 Å². The number of thioether (sulfide) groups is 1. The second kappa shape index (κ2) is 8.34. The predicted molar refractivity (Wildman–Crippen MR) is 107 cm³/mol. The zero-order valence-corrected chi connectivity index (χ0v) is 16.8. The number of nitrogens with zero attached hydrogens (tertiary/aromatic N) is 3. The van der Waals surface area contributed by atoms with Gasteiger partial charge in [0.05, 0.1) is 32.5 Å². The predicted octanol–water partition coefficient (Wildman–Crippen LogP) is 5.10. The molecule has 0 aliphatic heterocycles. The third-order valence-electron chi connectivity index (χ3n) is 4.36. The Labute approximate surface area is 173 Å². The highest BCUT2D eigenvalue weighted by Crippen LogP contribution is 2.37. The number of benzene rings is 2. The molecule has 0 spiro atoms. The Balaban J connectivity index is 1.84. The zero-order valence-electron chi connectivity index (χ0n) is 15.9. The Morgan fingerprint density at radius 3 is 2.63 bits per heavy atom. The summed E-state index contributed by atoms with van der Waals surface area (Å²) in [7, 11) is 0. The minimum Gasteiger partial charge on any atom is -0.325 e. The Bertz CT molecular complexity index is 1110. The van der Waals surface area contributed by atoms with E-state index in [1.54, 1.807) is 6.92 Å². The third-order valence-corrected chi connectivity index (χ3v) is 5.45. The van der Waals surface area contributed by atoms with Gasteiger partial charge in [-0.1, -0.05) is 23.9 Å². The number of hydrogen-bond donors (Lipinski definition) is 1. The summed E-state index contributed by atoms with van der Waals surface area (Å²) in [6, 6.07) is 9.65. The number of alkyl halides is 3. The zero-order chi connectivity index (χ0) is 22.1. The molecule has 0 fully saturated rings. The quantitative estimate of drug-likeness (QED) is 0.328. The van der Waals surface area contributed by atoms with Crippen molar-refractivity contribution in [1.29, 1.82) is 0 Å². The molecule has 2 aromatic carbocycles. The first kappa shape index (κ1) is 21.6. The molecule has 158 valence electrons. The number of nitrogens with one attached hydrogen (secondary N) is 1. The number of nitro groups is 1. The fourth-order valence-corrected chi connectivity index (χ4v) is 3.87. The van der Waals surface area contributed by atoms with Gasteiger partial charge in [-0.3, -0.25) is 14.9 Å². The monoisotopic (exact) mass is 438 g/mol. The molecule has 0 bridgehead atoms. The van der Waals surface area contributed by atoms with Crippen LogP contribution in [0.4, 0.5) is 24.5 Å². The number of fused-ring (bicyclic) bond motifs is 1. The molecule has 0 aliphatic carbocycles. The van der Waals surface area contributed by atoms with Gasteiger partial charge in [0.2, 0.25) is 5.91 Å². The minimum absolute atomic E-state index is 0.407. The Hall–Kier alpha value is -3.08. The molecule has 1 unspecified atom stereocenters. The van der Waals surface area contributed by atoms with Gasteiger partial charge >= 0.3 is 6.18 Å². The van der Waals surface area contributed by atoms with Gasteiger partial charge < -0.3 is 9.88 Å². The van der Waals surface area contributed by atoms with Crippen molar-refractivity contribution in [2.24, 2.45) is 0 Å². The van der Waals surface area contributed by atoms with E-state index in [2.05, 4.69) is 10.3 Å². The lowest BCUT2D eigenvalue weighted by Gasteiger charge is -2.16. The van der Waals surface area contributed by atoms with E-state index in [-0.39, 0.29) is 0 Å². The van der Waals surface area contributed by atoms with Crippen LogP contribution in [-0.2, 0) is 17.5 Å². The van der Waals surface area contributed by atoms with Gasteiger partial charge in [-0.15, -0.1) is 0 Å². The van der Waals surface area contributed by atoms with E-state index in [1.165, 1.54) is 0 Å². The molecule has 11 heteroatoms. The summed E-state index contributed by atoms with van der Waals surface area (Å²) in [4.78, 5) is 26.9. The summed E-state index contributed by atoms with van der Waals surface area (Å²) in [5.41, 5.74) is -0.869. The molecule has 1 heterocycles. The third kappa shape index (κ3) is 4.40. The lowest BCUT2D eigenvalue weighted by Crippen LogP contribution is -2.24. The highest BCUT2D eigenvalue weighted by atomic mass is 32.2. The molecule has 1 N–H and O–H groups in total. The molecule has 0 radical (unpaired) electrons. The van der Waals surface area contributed by atoms with E-state index >= 15 is 0 Å². The normalized spacial score (nSPS) is 12.7. The number of amides is 1. The molecule has 0 saturated heterocycles. The van der Waals surface area contributed by atoms with E-state index < -0.39 is 39.2 Å². The maximum Gasteiger partial charge on any atom is 0.418 e. The number of carbonyl (C=O) groups is 1. The van der Waals surface area contributed by atoms with Crippen LogP contribution in [0, 0.1) is 10.1 Å². The van der Waals surface area contributed by atoms with Crippen LogP contribution in [0.5, 0.6) is 0 Å². The largest absolute Gasteiger partial charge is 0.418 e. The van der Waals surface area contributed by atoms with E-state index in [0.29, 0.717) is 17.8 Å². The van der Waals surface area contributed by atoms with E-state index in [9.17, 15) is 28.1 Å². The number of halogens is 3. The molecule has 0 saturated carbocycles. The lowest BCUT2D eigenvalue weighted by molar-refractivity contribution is -0.385.